The number of ether oxygens (including phenoxy) is 1. The smallest absolute Gasteiger partial charge is 0.261 e. The monoisotopic (exact) mass is 424 g/mol. The molecule has 0 spiro atoms. The van der Waals surface area contributed by atoms with Crippen LogP contribution in [0.1, 0.15) is 63.6 Å². The first-order valence-corrected chi connectivity index (χ1v) is 11.1. The molecule has 5 nitrogen and oxygen atoms in total. The van der Waals surface area contributed by atoms with Crippen LogP contribution in [-0.4, -0.2) is 35.4 Å². The molecule has 0 aliphatic carbocycles. The zero-order valence-corrected chi connectivity index (χ0v) is 19.6. The van der Waals surface area contributed by atoms with Crippen LogP contribution < -0.4 is 10.1 Å². The van der Waals surface area contributed by atoms with E-state index in [1.807, 2.05) is 76.2 Å². The predicted molar refractivity (Wildman–Crippen MR) is 125 cm³/mol. The van der Waals surface area contributed by atoms with E-state index in [0.29, 0.717) is 18.7 Å². The van der Waals surface area contributed by atoms with Gasteiger partial charge in [0.2, 0.25) is 5.91 Å². The van der Waals surface area contributed by atoms with E-state index < -0.39 is 6.04 Å². The zero-order chi connectivity index (χ0) is 23.0. The highest BCUT2D eigenvalue weighted by molar-refractivity contribution is 5.88. The molecule has 2 aromatic carbocycles. The Balaban J connectivity index is 2.24. The van der Waals surface area contributed by atoms with E-state index in [9.17, 15) is 9.59 Å². The highest BCUT2D eigenvalue weighted by atomic mass is 16.5. The van der Waals surface area contributed by atoms with Crippen LogP contribution >= 0.6 is 0 Å². The van der Waals surface area contributed by atoms with E-state index >= 15 is 0 Å². The fraction of sp³-hybridized carbons (Fsp3) is 0.462. The molecule has 0 aromatic heterocycles. The molecule has 0 unspecified atom stereocenters. The standard InChI is InChI=1S/C26H36N2O3/c1-7-23(26(30)27-19(4)5)28(16-21-14-12-20(6)13-15-21)25(29)17-31-24-11-9-8-10-22(24)18(2)3/h8-15,18-19,23H,7,16-17H2,1-6H3,(H,27,30)/t23-/m0/s1. The van der Waals surface area contributed by atoms with Crippen LogP contribution in [-0.2, 0) is 16.1 Å². The molecule has 1 N–H and O–H groups in total. The first kappa shape index (κ1) is 24.4. The first-order valence-electron chi connectivity index (χ1n) is 11.1. The van der Waals surface area contributed by atoms with E-state index in [-0.39, 0.29) is 30.4 Å². The third-order valence-electron chi connectivity index (χ3n) is 5.18. The van der Waals surface area contributed by atoms with E-state index in [1.54, 1.807) is 4.90 Å². The number of carbonyl (C=O) groups is 2. The summed E-state index contributed by atoms with van der Waals surface area (Å²) >= 11 is 0. The van der Waals surface area contributed by atoms with Crippen LogP contribution in [0, 0.1) is 6.92 Å². The second-order valence-corrected chi connectivity index (χ2v) is 8.58. The topological polar surface area (TPSA) is 58.6 Å². The van der Waals surface area contributed by atoms with Crippen LogP contribution in [0.2, 0.25) is 0 Å². The van der Waals surface area contributed by atoms with Crippen molar-refractivity contribution in [3.63, 3.8) is 0 Å². The second-order valence-electron chi connectivity index (χ2n) is 8.58. The summed E-state index contributed by atoms with van der Waals surface area (Å²) in [6.45, 7) is 12.2. The Kier molecular flexibility index (Phi) is 9.10. The van der Waals surface area contributed by atoms with Gasteiger partial charge in [0.1, 0.15) is 11.8 Å². The van der Waals surface area contributed by atoms with Gasteiger partial charge >= 0.3 is 0 Å². The fourth-order valence-corrected chi connectivity index (χ4v) is 3.50. The Bertz CT molecular complexity index is 859. The molecule has 2 amide bonds. The van der Waals surface area contributed by atoms with Crippen molar-refractivity contribution in [2.75, 3.05) is 6.61 Å². The molecular formula is C26H36N2O3. The summed E-state index contributed by atoms with van der Waals surface area (Å²) in [5.41, 5.74) is 3.20. The van der Waals surface area contributed by atoms with Crippen molar-refractivity contribution in [1.29, 1.82) is 0 Å². The zero-order valence-electron chi connectivity index (χ0n) is 19.6. The van der Waals surface area contributed by atoms with Crippen molar-refractivity contribution >= 4 is 11.8 Å². The minimum atomic E-state index is -0.555. The molecule has 2 rings (SSSR count). The average molecular weight is 425 g/mol. The number of hydrogen-bond acceptors (Lipinski definition) is 3. The number of hydrogen-bond donors (Lipinski definition) is 1. The summed E-state index contributed by atoms with van der Waals surface area (Å²) in [6, 6.07) is 15.2. The van der Waals surface area contributed by atoms with Crippen molar-refractivity contribution in [2.45, 2.75) is 72.5 Å². The number of rotatable bonds is 10. The number of nitrogens with zero attached hydrogens (tertiary/aromatic N) is 1. The predicted octanol–water partition coefficient (Wildman–Crippen LogP) is 4.83. The highest BCUT2D eigenvalue weighted by Crippen LogP contribution is 2.26. The molecule has 0 aliphatic heterocycles. The van der Waals surface area contributed by atoms with Gasteiger partial charge < -0.3 is 15.0 Å². The van der Waals surface area contributed by atoms with Crippen molar-refractivity contribution in [3.8, 4) is 5.75 Å². The van der Waals surface area contributed by atoms with Crippen molar-refractivity contribution in [3.05, 3.63) is 65.2 Å². The maximum absolute atomic E-state index is 13.3. The molecule has 0 aliphatic rings. The van der Waals surface area contributed by atoms with Crippen LogP contribution in [0.4, 0.5) is 0 Å². The number of amides is 2. The number of para-hydroxylation sites is 1. The number of nitrogens with one attached hydrogen (secondary N) is 1. The normalized spacial score (nSPS) is 12.0. The highest BCUT2D eigenvalue weighted by Gasteiger charge is 2.29. The lowest BCUT2D eigenvalue weighted by atomic mass is 10.0. The molecule has 0 heterocycles. The minimum Gasteiger partial charge on any atom is -0.483 e. The quantitative estimate of drug-likeness (QED) is 0.594. The molecule has 168 valence electrons. The first-order chi connectivity index (χ1) is 14.7. The summed E-state index contributed by atoms with van der Waals surface area (Å²) in [4.78, 5) is 27.8. The minimum absolute atomic E-state index is 0.00652. The average Bonchev–Trinajstić information content (AvgIpc) is 2.72. The molecule has 0 radical (unpaired) electrons. The summed E-state index contributed by atoms with van der Waals surface area (Å²) in [5.74, 6) is 0.654. The van der Waals surface area contributed by atoms with Crippen molar-refractivity contribution < 1.29 is 14.3 Å². The molecule has 0 saturated heterocycles. The van der Waals surface area contributed by atoms with Gasteiger partial charge in [0, 0.05) is 12.6 Å². The van der Waals surface area contributed by atoms with E-state index in [4.69, 9.17) is 4.74 Å². The molecule has 5 heteroatoms. The van der Waals surface area contributed by atoms with Crippen LogP contribution in [0.5, 0.6) is 5.75 Å². The molecule has 2 aromatic rings. The third-order valence-corrected chi connectivity index (χ3v) is 5.18. The van der Waals surface area contributed by atoms with Gasteiger partial charge in [-0.1, -0.05) is 68.8 Å². The maximum atomic E-state index is 13.3. The second kappa shape index (κ2) is 11.5. The van der Waals surface area contributed by atoms with Gasteiger partial charge in [-0.2, -0.15) is 0 Å². The van der Waals surface area contributed by atoms with Crippen LogP contribution in [0.3, 0.4) is 0 Å². The molecule has 0 saturated carbocycles. The van der Waals surface area contributed by atoms with Crippen molar-refractivity contribution in [1.82, 2.24) is 10.2 Å². The Labute approximate surface area is 186 Å². The van der Waals surface area contributed by atoms with Gasteiger partial charge in [-0.05, 0) is 50.3 Å². The SMILES string of the molecule is CC[C@@H](C(=O)NC(C)C)N(Cc1ccc(C)cc1)C(=O)COc1ccccc1C(C)C. The Hall–Kier alpha value is -2.82. The lowest BCUT2D eigenvalue weighted by Gasteiger charge is -2.31. The number of aryl methyl sites for hydroxylation is 1. The van der Waals surface area contributed by atoms with Crippen molar-refractivity contribution in [2.24, 2.45) is 0 Å². The number of benzene rings is 2. The van der Waals surface area contributed by atoms with E-state index in [1.165, 1.54) is 0 Å². The Morgan fingerprint density at radius 3 is 2.23 bits per heavy atom. The molecular weight excluding hydrogens is 388 g/mol. The van der Waals surface area contributed by atoms with Crippen LogP contribution in [0.15, 0.2) is 48.5 Å². The lowest BCUT2D eigenvalue weighted by Crippen LogP contribution is -2.51. The van der Waals surface area contributed by atoms with Gasteiger partial charge in [-0.3, -0.25) is 9.59 Å². The summed E-state index contributed by atoms with van der Waals surface area (Å²) < 4.78 is 5.93. The van der Waals surface area contributed by atoms with E-state index in [0.717, 1.165) is 16.7 Å². The maximum Gasteiger partial charge on any atom is 0.261 e. The fourth-order valence-electron chi connectivity index (χ4n) is 3.50. The van der Waals surface area contributed by atoms with Gasteiger partial charge in [-0.25, -0.2) is 0 Å². The summed E-state index contributed by atoms with van der Waals surface area (Å²) in [7, 11) is 0. The van der Waals surface area contributed by atoms with E-state index in [2.05, 4.69) is 19.2 Å². The molecule has 1 atom stereocenters. The number of carbonyl (C=O) groups excluding carboxylic acids is 2. The molecule has 31 heavy (non-hydrogen) atoms. The summed E-state index contributed by atoms with van der Waals surface area (Å²) in [5, 5.41) is 2.95. The van der Waals surface area contributed by atoms with Gasteiger partial charge in [0.25, 0.3) is 5.91 Å². The van der Waals surface area contributed by atoms with Gasteiger partial charge in [-0.15, -0.1) is 0 Å². The summed E-state index contributed by atoms with van der Waals surface area (Å²) in [6.07, 6.45) is 0.527. The molecule has 0 fully saturated rings. The van der Waals surface area contributed by atoms with Gasteiger partial charge in [0.15, 0.2) is 6.61 Å². The van der Waals surface area contributed by atoms with Crippen LogP contribution in [0.25, 0.3) is 0 Å². The largest absolute Gasteiger partial charge is 0.483 e. The third kappa shape index (κ3) is 7.12. The Morgan fingerprint density at radius 1 is 1.00 bits per heavy atom. The Morgan fingerprint density at radius 2 is 1.65 bits per heavy atom. The molecule has 0 bridgehead atoms. The van der Waals surface area contributed by atoms with Gasteiger partial charge in [0.05, 0.1) is 0 Å². The lowest BCUT2D eigenvalue weighted by molar-refractivity contribution is -0.143.